The zero-order chi connectivity index (χ0) is 42.1. The molecule has 64 heavy (non-hydrogen) atoms. The molecular weight excluding hydrogens is 781 g/mol. The first kappa shape index (κ1) is 36.1. The fraction of sp³-hybridized carbons (Fsp3) is 0. The van der Waals surface area contributed by atoms with Gasteiger partial charge in [0.1, 0.15) is 22.7 Å². The highest BCUT2D eigenvalue weighted by atomic mass is 16.5. The number of rotatable bonds is 6. The minimum atomic E-state index is 0.862. The van der Waals surface area contributed by atoms with E-state index in [0.29, 0.717) is 0 Å². The summed E-state index contributed by atoms with van der Waals surface area (Å²) in [5, 5.41) is 4.66. The van der Waals surface area contributed by atoms with Crippen molar-refractivity contribution < 1.29 is 9.15 Å². The van der Waals surface area contributed by atoms with Gasteiger partial charge in [-0.25, -0.2) is 0 Å². The van der Waals surface area contributed by atoms with Gasteiger partial charge in [0.2, 0.25) is 0 Å². The van der Waals surface area contributed by atoms with Gasteiger partial charge in [-0.05, 0) is 113 Å². The van der Waals surface area contributed by atoms with Crippen molar-refractivity contribution in [2.45, 2.75) is 0 Å². The molecule has 1 aliphatic rings. The third-order valence-electron chi connectivity index (χ3n) is 12.8. The van der Waals surface area contributed by atoms with E-state index in [-0.39, 0.29) is 0 Å². The number of fused-ring (bicyclic) bond motifs is 11. The quantitative estimate of drug-likeness (QED) is 0.167. The minimum Gasteiger partial charge on any atom is -0.456 e. The Hall–Kier alpha value is -8.60. The number of anilines is 3. The molecule has 12 aromatic rings. The van der Waals surface area contributed by atoms with E-state index in [0.717, 1.165) is 101 Å². The Labute approximate surface area is 370 Å². The fourth-order valence-electron chi connectivity index (χ4n) is 9.83. The van der Waals surface area contributed by atoms with Crippen molar-refractivity contribution in [3.8, 4) is 61.7 Å². The number of nitrogens with zero attached hydrogens (tertiary/aromatic N) is 2. The normalized spacial score (nSPS) is 11.9. The Kier molecular flexibility index (Phi) is 8.18. The summed E-state index contributed by atoms with van der Waals surface area (Å²) in [5.74, 6) is 1.73. The van der Waals surface area contributed by atoms with Crippen molar-refractivity contribution in [2.24, 2.45) is 0 Å². The van der Waals surface area contributed by atoms with Gasteiger partial charge in [0.05, 0.1) is 11.0 Å². The molecule has 0 aliphatic carbocycles. The third kappa shape index (κ3) is 5.77. The summed E-state index contributed by atoms with van der Waals surface area (Å²) < 4.78 is 15.3. The van der Waals surface area contributed by atoms with Gasteiger partial charge in [-0.1, -0.05) is 146 Å². The first-order valence-electron chi connectivity index (χ1n) is 21.7. The Bertz CT molecular complexity index is 3750. The van der Waals surface area contributed by atoms with Gasteiger partial charge in [-0.2, -0.15) is 0 Å². The first-order chi connectivity index (χ1) is 31.7. The van der Waals surface area contributed by atoms with Gasteiger partial charge in [0, 0.05) is 61.0 Å². The van der Waals surface area contributed by atoms with Crippen LogP contribution in [-0.4, -0.2) is 4.57 Å². The van der Waals surface area contributed by atoms with E-state index in [2.05, 4.69) is 210 Å². The van der Waals surface area contributed by atoms with Gasteiger partial charge >= 0.3 is 0 Å². The second-order valence-electron chi connectivity index (χ2n) is 16.5. The first-order valence-corrected chi connectivity index (χ1v) is 21.7. The molecule has 4 nitrogen and oxygen atoms in total. The minimum absolute atomic E-state index is 0.862. The molecule has 0 saturated carbocycles. The van der Waals surface area contributed by atoms with E-state index in [9.17, 15) is 0 Å². The number of benzene rings is 10. The summed E-state index contributed by atoms with van der Waals surface area (Å²) >= 11 is 0. The second-order valence-corrected chi connectivity index (χ2v) is 16.5. The monoisotopic (exact) mass is 818 g/mol. The maximum atomic E-state index is 6.48. The lowest BCUT2D eigenvalue weighted by Gasteiger charge is -2.26. The summed E-state index contributed by atoms with van der Waals surface area (Å²) in [4.78, 5) is 2.37. The van der Waals surface area contributed by atoms with Crippen LogP contribution in [0.3, 0.4) is 0 Å². The van der Waals surface area contributed by atoms with Crippen molar-refractivity contribution in [2.75, 3.05) is 4.90 Å². The van der Waals surface area contributed by atoms with Crippen LogP contribution in [0.1, 0.15) is 0 Å². The topological polar surface area (TPSA) is 30.5 Å². The van der Waals surface area contributed by atoms with Crippen molar-refractivity contribution >= 4 is 60.8 Å². The lowest BCUT2D eigenvalue weighted by atomic mass is 9.91. The van der Waals surface area contributed by atoms with Gasteiger partial charge in [0.15, 0.2) is 0 Å². The predicted molar refractivity (Wildman–Crippen MR) is 265 cm³/mol. The molecule has 4 heteroatoms. The molecule has 0 N–H and O–H groups in total. The molecule has 0 bridgehead atoms. The van der Waals surface area contributed by atoms with E-state index in [1.54, 1.807) is 0 Å². The lowest BCUT2D eigenvalue weighted by Crippen LogP contribution is -2.10. The number of furan rings is 1. The van der Waals surface area contributed by atoms with Crippen LogP contribution in [0.15, 0.2) is 235 Å². The van der Waals surface area contributed by atoms with Crippen LogP contribution in [-0.2, 0) is 0 Å². The van der Waals surface area contributed by atoms with Crippen LogP contribution >= 0.6 is 0 Å². The third-order valence-corrected chi connectivity index (χ3v) is 12.8. The molecule has 0 amide bonds. The summed E-state index contributed by atoms with van der Waals surface area (Å²) in [6, 6.07) is 82.2. The predicted octanol–water partition coefficient (Wildman–Crippen LogP) is 16.9. The van der Waals surface area contributed by atoms with Crippen molar-refractivity contribution in [3.63, 3.8) is 0 Å². The standard InChI is InChI=1S/C60H38N2O2/c1-2-13-42(14-3-1)62-55-21-8-4-15-48(55)54-38-45(34-36-56(54)62)61(44-32-27-40(28-33-44)46-19-12-20-52-50-17-6-11-24-59(50)64-60(46)52)43-30-25-39(26-31-43)41-29-35-47-49-16-5-9-22-57(49)63-58-23-10-7-18-51(58)53(47)37-41/h1-38H. The van der Waals surface area contributed by atoms with Crippen molar-refractivity contribution in [1.29, 1.82) is 0 Å². The van der Waals surface area contributed by atoms with Crippen molar-refractivity contribution in [1.82, 2.24) is 4.57 Å². The number of para-hydroxylation sites is 6. The maximum Gasteiger partial charge on any atom is 0.143 e. The summed E-state index contributed by atoms with van der Waals surface area (Å²) in [7, 11) is 0. The lowest BCUT2D eigenvalue weighted by molar-refractivity contribution is 0.488. The molecule has 0 atom stereocenters. The van der Waals surface area contributed by atoms with E-state index < -0.39 is 0 Å². The average molecular weight is 819 g/mol. The van der Waals surface area contributed by atoms with E-state index >= 15 is 0 Å². The molecule has 3 heterocycles. The van der Waals surface area contributed by atoms with Crippen LogP contribution < -0.4 is 9.64 Å². The molecule has 0 fully saturated rings. The zero-order valence-electron chi connectivity index (χ0n) is 34.7. The zero-order valence-corrected chi connectivity index (χ0v) is 34.7. The summed E-state index contributed by atoms with van der Waals surface area (Å²) in [6.07, 6.45) is 0. The second kappa shape index (κ2) is 14.5. The highest BCUT2D eigenvalue weighted by Crippen LogP contribution is 2.48. The maximum absolute atomic E-state index is 6.48. The molecule has 13 rings (SSSR count). The average Bonchev–Trinajstić information content (AvgIpc) is 3.86. The molecule has 1 aliphatic heterocycles. The van der Waals surface area contributed by atoms with Crippen LogP contribution in [0.25, 0.3) is 93.9 Å². The number of aromatic nitrogens is 1. The molecule has 0 radical (unpaired) electrons. The van der Waals surface area contributed by atoms with Gasteiger partial charge in [-0.15, -0.1) is 0 Å². The van der Waals surface area contributed by atoms with Crippen LogP contribution in [0.5, 0.6) is 11.5 Å². The van der Waals surface area contributed by atoms with E-state index in [1.165, 1.54) is 21.8 Å². The Morgan fingerprint density at radius 1 is 0.328 bits per heavy atom. The van der Waals surface area contributed by atoms with E-state index in [4.69, 9.17) is 9.15 Å². The van der Waals surface area contributed by atoms with E-state index in [1.807, 2.05) is 30.3 Å². The molecular formula is C60H38N2O2. The smallest absolute Gasteiger partial charge is 0.143 e. The van der Waals surface area contributed by atoms with Gasteiger partial charge in [-0.3, -0.25) is 0 Å². The largest absolute Gasteiger partial charge is 0.456 e. The Balaban J connectivity index is 0.942. The van der Waals surface area contributed by atoms with Crippen LogP contribution in [0.4, 0.5) is 17.1 Å². The Morgan fingerprint density at radius 2 is 0.906 bits per heavy atom. The molecule has 0 unspecified atom stereocenters. The molecule has 0 spiro atoms. The van der Waals surface area contributed by atoms with Gasteiger partial charge < -0.3 is 18.6 Å². The summed E-state index contributed by atoms with van der Waals surface area (Å²) in [5.41, 5.74) is 17.4. The Morgan fingerprint density at radius 3 is 1.69 bits per heavy atom. The fourth-order valence-corrected chi connectivity index (χ4v) is 9.83. The highest BCUT2D eigenvalue weighted by Gasteiger charge is 2.22. The van der Waals surface area contributed by atoms with Gasteiger partial charge in [0.25, 0.3) is 0 Å². The van der Waals surface area contributed by atoms with Crippen LogP contribution in [0, 0.1) is 0 Å². The SMILES string of the molecule is c1ccc(-n2c3ccccc3c3cc(N(c4ccc(-c5ccc6c(c5)-c5ccccc5Oc5ccccc5-6)cc4)c4ccc(-c5cccc6c5oc5ccccc56)cc4)ccc32)cc1. The summed E-state index contributed by atoms with van der Waals surface area (Å²) in [6.45, 7) is 0. The molecule has 300 valence electrons. The number of ether oxygens (including phenoxy) is 1. The van der Waals surface area contributed by atoms with Crippen molar-refractivity contribution in [3.05, 3.63) is 231 Å². The number of hydrogen-bond donors (Lipinski definition) is 0. The number of hydrogen-bond acceptors (Lipinski definition) is 3. The van der Waals surface area contributed by atoms with Crippen LogP contribution in [0.2, 0.25) is 0 Å². The molecule has 2 aromatic heterocycles. The highest BCUT2D eigenvalue weighted by molar-refractivity contribution is 6.11. The molecule has 10 aromatic carbocycles. The molecule has 0 saturated heterocycles.